The summed E-state index contributed by atoms with van der Waals surface area (Å²) in [4.78, 5) is 10.4. The van der Waals surface area contributed by atoms with Crippen molar-refractivity contribution in [2.24, 2.45) is 0 Å². The average Bonchev–Trinajstić information content (AvgIpc) is 2.62. The van der Waals surface area contributed by atoms with E-state index in [-0.39, 0.29) is 10.6 Å². The Balaban J connectivity index is 1.79. The zero-order valence-electron chi connectivity index (χ0n) is 13.9. The van der Waals surface area contributed by atoms with E-state index in [2.05, 4.69) is 4.72 Å². The molecular weight excluding hydrogens is 352 g/mol. The van der Waals surface area contributed by atoms with Crippen LogP contribution in [0.1, 0.15) is 5.56 Å². The minimum atomic E-state index is -3.65. The number of nitrogens with one attached hydrogen (secondary N) is 1. The highest BCUT2D eigenvalue weighted by Gasteiger charge is 2.14. The maximum atomic E-state index is 12.4. The third kappa shape index (κ3) is 3.89. The van der Waals surface area contributed by atoms with Crippen LogP contribution in [0.2, 0.25) is 0 Å². The maximum Gasteiger partial charge on any atom is 0.269 e. The highest BCUT2D eigenvalue weighted by Crippen LogP contribution is 2.25. The summed E-state index contributed by atoms with van der Waals surface area (Å²) in [6.45, 7) is 1.89. The van der Waals surface area contributed by atoms with Crippen LogP contribution in [0.4, 0.5) is 11.4 Å². The van der Waals surface area contributed by atoms with Gasteiger partial charge >= 0.3 is 0 Å². The van der Waals surface area contributed by atoms with Gasteiger partial charge in [-0.15, -0.1) is 0 Å². The Kier molecular flexibility index (Phi) is 4.73. The van der Waals surface area contributed by atoms with Crippen LogP contribution in [0.25, 0.3) is 11.1 Å². The first-order chi connectivity index (χ1) is 12.3. The summed E-state index contributed by atoms with van der Waals surface area (Å²) in [7, 11) is -3.65. The lowest BCUT2D eigenvalue weighted by molar-refractivity contribution is -0.384. The van der Waals surface area contributed by atoms with Gasteiger partial charge in [-0.25, -0.2) is 8.42 Å². The van der Waals surface area contributed by atoms with Gasteiger partial charge in [0.05, 0.1) is 9.82 Å². The van der Waals surface area contributed by atoms with Crippen molar-refractivity contribution < 1.29 is 13.3 Å². The van der Waals surface area contributed by atoms with Gasteiger partial charge in [0.15, 0.2) is 0 Å². The number of nitro groups is 1. The fourth-order valence-corrected chi connectivity index (χ4v) is 3.50. The van der Waals surface area contributed by atoms with Crippen LogP contribution in [0.15, 0.2) is 77.7 Å². The molecule has 0 heterocycles. The monoisotopic (exact) mass is 368 g/mol. The number of rotatable bonds is 5. The normalized spacial score (nSPS) is 11.1. The second kappa shape index (κ2) is 6.97. The first-order valence-electron chi connectivity index (χ1n) is 7.79. The molecule has 0 radical (unpaired) electrons. The molecule has 0 aliphatic carbocycles. The molecule has 0 bridgehead atoms. The van der Waals surface area contributed by atoms with Crippen LogP contribution in [-0.2, 0) is 10.0 Å². The minimum absolute atomic E-state index is 0.0243. The van der Waals surface area contributed by atoms with Gasteiger partial charge in [-0.1, -0.05) is 29.8 Å². The van der Waals surface area contributed by atoms with E-state index in [4.69, 9.17) is 0 Å². The van der Waals surface area contributed by atoms with Crippen LogP contribution >= 0.6 is 0 Å². The SMILES string of the molecule is Cc1ccc(S(=O)(=O)Nc2ccc(-c3ccc([N+](=O)[O-])cc3)cc2)cc1. The predicted octanol–water partition coefficient (Wildman–Crippen LogP) is 4.37. The quantitative estimate of drug-likeness (QED) is 0.535. The Hall–Kier alpha value is -3.19. The van der Waals surface area contributed by atoms with Crippen molar-refractivity contribution in [1.29, 1.82) is 0 Å². The van der Waals surface area contributed by atoms with Crippen LogP contribution in [0.3, 0.4) is 0 Å². The molecule has 0 aromatic heterocycles. The van der Waals surface area contributed by atoms with Gasteiger partial charge in [0.2, 0.25) is 0 Å². The average molecular weight is 368 g/mol. The number of non-ortho nitro benzene ring substituents is 1. The first kappa shape index (κ1) is 17.6. The highest BCUT2D eigenvalue weighted by molar-refractivity contribution is 7.92. The third-order valence-electron chi connectivity index (χ3n) is 3.88. The molecule has 0 saturated heterocycles. The van der Waals surface area contributed by atoms with E-state index in [1.54, 1.807) is 60.7 Å². The van der Waals surface area contributed by atoms with Crippen LogP contribution in [0, 0.1) is 17.0 Å². The molecule has 0 spiro atoms. The third-order valence-corrected chi connectivity index (χ3v) is 5.28. The second-order valence-electron chi connectivity index (χ2n) is 5.80. The van der Waals surface area contributed by atoms with Crippen molar-refractivity contribution in [3.05, 3.63) is 88.5 Å². The molecule has 1 N–H and O–H groups in total. The van der Waals surface area contributed by atoms with E-state index in [0.29, 0.717) is 5.69 Å². The molecule has 3 aromatic carbocycles. The molecule has 26 heavy (non-hydrogen) atoms. The number of anilines is 1. The molecule has 0 fully saturated rings. The first-order valence-corrected chi connectivity index (χ1v) is 9.28. The molecule has 6 nitrogen and oxygen atoms in total. The van der Waals surface area contributed by atoms with Crippen molar-refractivity contribution in [3.63, 3.8) is 0 Å². The molecule has 3 rings (SSSR count). The van der Waals surface area contributed by atoms with Crippen molar-refractivity contribution in [1.82, 2.24) is 0 Å². The number of hydrogen-bond donors (Lipinski definition) is 1. The van der Waals surface area contributed by atoms with Gasteiger partial charge in [-0.05, 0) is 54.4 Å². The van der Waals surface area contributed by atoms with Crippen LogP contribution < -0.4 is 4.72 Å². The maximum absolute atomic E-state index is 12.4. The molecule has 0 aliphatic rings. The largest absolute Gasteiger partial charge is 0.280 e. The molecule has 0 atom stereocenters. The standard InChI is InChI=1S/C19H16N2O4S/c1-14-2-12-19(13-3-14)26(24,25)20-17-8-4-15(5-9-17)16-6-10-18(11-7-16)21(22)23/h2-13,20H,1H3. The van der Waals surface area contributed by atoms with Gasteiger partial charge in [0.1, 0.15) is 0 Å². The molecule has 132 valence electrons. The Morgan fingerprint density at radius 1 is 0.808 bits per heavy atom. The zero-order valence-corrected chi connectivity index (χ0v) is 14.7. The smallest absolute Gasteiger partial charge is 0.269 e. The van der Waals surface area contributed by atoms with Crippen molar-refractivity contribution in [2.75, 3.05) is 4.72 Å². The number of benzene rings is 3. The number of sulfonamides is 1. The summed E-state index contributed by atoms with van der Waals surface area (Å²) >= 11 is 0. The zero-order chi connectivity index (χ0) is 18.7. The van der Waals surface area contributed by atoms with Crippen molar-refractivity contribution in [2.45, 2.75) is 11.8 Å². The Morgan fingerprint density at radius 3 is 1.81 bits per heavy atom. The van der Waals surface area contributed by atoms with Crippen molar-refractivity contribution >= 4 is 21.4 Å². The van der Waals surface area contributed by atoms with E-state index in [1.165, 1.54) is 12.1 Å². The second-order valence-corrected chi connectivity index (χ2v) is 7.48. The Labute approximate surface area is 151 Å². The fraction of sp³-hybridized carbons (Fsp3) is 0.0526. The fourth-order valence-electron chi connectivity index (χ4n) is 2.44. The molecule has 0 saturated carbocycles. The number of hydrogen-bond acceptors (Lipinski definition) is 4. The van der Waals surface area contributed by atoms with Gasteiger partial charge in [0, 0.05) is 17.8 Å². The molecule has 3 aromatic rings. The Bertz CT molecular complexity index is 1030. The van der Waals surface area contributed by atoms with E-state index >= 15 is 0 Å². The number of nitrogens with zero attached hydrogens (tertiary/aromatic N) is 1. The predicted molar refractivity (Wildman–Crippen MR) is 101 cm³/mol. The van der Waals surface area contributed by atoms with E-state index < -0.39 is 14.9 Å². The number of aryl methyl sites for hydroxylation is 1. The minimum Gasteiger partial charge on any atom is -0.280 e. The van der Waals surface area contributed by atoms with Gasteiger partial charge in [0.25, 0.3) is 15.7 Å². The summed E-state index contributed by atoms with van der Waals surface area (Å²) in [5.74, 6) is 0. The lowest BCUT2D eigenvalue weighted by atomic mass is 10.1. The van der Waals surface area contributed by atoms with Crippen molar-refractivity contribution in [3.8, 4) is 11.1 Å². The van der Waals surface area contributed by atoms with Gasteiger partial charge in [-0.2, -0.15) is 0 Å². The van der Waals surface area contributed by atoms with Crippen LogP contribution in [-0.4, -0.2) is 13.3 Å². The molecular formula is C19H16N2O4S. The highest BCUT2D eigenvalue weighted by atomic mass is 32.2. The summed E-state index contributed by atoms with van der Waals surface area (Å²) in [6.07, 6.45) is 0. The molecule has 0 unspecified atom stereocenters. The van der Waals surface area contributed by atoms with E-state index in [0.717, 1.165) is 16.7 Å². The summed E-state index contributed by atoms with van der Waals surface area (Å²) in [5, 5.41) is 10.7. The summed E-state index contributed by atoms with van der Waals surface area (Å²) < 4.78 is 27.3. The lowest BCUT2D eigenvalue weighted by Gasteiger charge is -2.09. The van der Waals surface area contributed by atoms with Gasteiger partial charge in [-0.3, -0.25) is 14.8 Å². The molecule has 7 heteroatoms. The van der Waals surface area contributed by atoms with E-state index in [9.17, 15) is 18.5 Å². The Morgan fingerprint density at radius 2 is 1.31 bits per heavy atom. The molecule has 0 aliphatic heterocycles. The van der Waals surface area contributed by atoms with E-state index in [1.807, 2.05) is 6.92 Å². The molecule has 0 amide bonds. The van der Waals surface area contributed by atoms with Crippen LogP contribution in [0.5, 0.6) is 0 Å². The van der Waals surface area contributed by atoms with Gasteiger partial charge < -0.3 is 0 Å². The number of nitro benzene ring substituents is 1. The lowest BCUT2D eigenvalue weighted by Crippen LogP contribution is -2.12. The topological polar surface area (TPSA) is 89.3 Å². The summed E-state index contributed by atoms with van der Waals surface area (Å²) in [6, 6.07) is 19.6. The summed E-state index contributed by atoms with van der Waals surface area (Å²) in [5.41, 5.74) is 3.09.